The number of hydrogen-bond acceptors (Lipinski definition) is 4. The number of guanidine groups is 1. The number of alkyl halides is 3. The van der Waals surface area contributed by atoms with Gasteiger partial charge in [0.15, 0.2) is 5.96 Å². The zero-order chi connectivity index (χ0) is 20.6. The van der Waals surface area contributed by atoms with Gasteiger partial charge in [-0.2, -0.15) is 0 Å². The quantitative estimate of drug-likeness (QED) is 0.564. The topological polar surface area (TPSA) is 89.2 Å². The third kappa shape index (κ3) is 7.53. The molecule has 0 atom stereocenters. The summed E-state index contributed by atoms with van der Waals surface area (Å²) < 4.78 is 45.2. The van der Waals surface area contributed by atoms with Crippen molar-refractivity contribution in [3.63, 3.8) is 0 Å². The van der Waals surface area contributed by atoms with Gasteiger partial charge >= 0.3 is 12.5 Å². The summed E-state index contributed by atoms with van der Waals surface area (Å²) in [6, 6.07) is 5.79. The van der Waals surface area contributed by atoms with E-state index in [9.17, 15) is 18.0 Å². The average molecular weight is 402 g/mol. The van der Waals surface area contributed by atoms with Crippen molar-refractivity contribution < 1.29 is 27.4 Å². The van der Waals surface area contributed by atoms with Crippen LogP contribution in [0.5, 0.6) is 5.75 Å². The zero-order valence-corrected chi connectivity index (χ0v) is 15.7. The Labute approximate surface area is 161 Å². The summed E-state index contributed by atoms with van der Waals surface area (Å²) in [7, 11) is 0. The van der Waals surface area contributed by atoms with E-state index in [4.69, 9.17) is 10.5 Å². The van der Waals surface area contributed by atoms with Crippen LogP contribution in [0.3, 0.4) is 0 Å². The second-order valence-electron chi connectivity index (χ2n) is 6.31. The van der Waals surface area contributed by atoms with Crippen molar-refractivity contribution in [1.82, 2.24) is 10.2 Å². The van der Waals surface area contributed by atoms with Gasteiger partial charge in [-0.1, -0.05) is 12.1 Å². The molecule has 0 spiro atoms. The minimum atomic E-state index is -4.70. The van der Waals surface area contributed by atoms with Crippen LogP contribution >= 0.6 is 0 Å². The maximum atomic E-state index is 12.1. The second-order valence-corrected chi connectivity index (χ2v) is 6.31. The fourth-order valence-corrected chi connectivity index (χ4v) is 2.84. The number of carbonyl (C=O) groups excluding carboxylic acids is 1. The summed E-state index contributed by atoms with van der Waals surface area (Å²) in [4.78, 5) is 17.6. The number of rotatable bonds is 6. The molecule has 2 rings (SSSR count). The van der Waals surface area contributed by atoms with E-state index in [2.05, 4.69) is 15.0 Å². The first-order valence-electron chi connectivity index (χ1n) is 9.09. The smallest absolute Gasteiger partial charge is 0.450 e. The fourth-order valence-electron chi connectivity index (χ4n) is 2.84. The first-order chi connectivity index (χ1) is 13.3. The predicted molar refractivity (Wildman–Crippen MR) is 98.1 cm³/mol. The van der Waals surface area contributed by atoms with Gasteiger partial charge in [-0.05, 0) is 43.9 Å². The number of benzene rings is 1. The molecular weight excluding hydrogens is 377 g/mol. The third-order valence-corrected chi connectivity index (χ3v) is 4.21. The van der Waals surface area contributed by atoms with E-state index in [1.54, 1.807) is 24.0 Å². The molecule has 0 radical (unpaired) electrons. The number of nitrogens with one attached hydrogen (secondary N) is 1. The molecule has 0 saturated carbocycles. The molecule has 0 aliphatic carbocycles. The molecule has 1 saturated heterocycles. The van der Waals surface area contributed by atoms with Crippen molar-refractivity contribution >= 4 is 12.1 Å². The summed E-state index contributed by atoms with van der Waals surface area (Å²) in [5, 5.41) is 3.14. The van der Waals surface area contributed by atoms with Crippen LogP contribution in [-0.4, -0.2) is 55.6 Å². The lowest BCUT2D eigenvalue weighted by atomic mass is 10.1. The van der Waals surface area contributed by atoms with Gasteiger partial charge in [0.2, 0.25) is 0 Å². The maximum Gasteiger partial charge on any atom is 0.573 e. The number of ether oxygens (including phenoxy) is 2. The van der Waals surface area contributed by atoms with Crippen LogP contribution in [0.2, 0.25) is 0 Å². The summed E-state index contributed by atoms with van der Waals surface area (Å²) >= 11 is 0. The molecule has 1 fully saturated rings. The van der Waals surface area contributed by atoms with Crippen LogP contribution in [-0.2, 0) is 11.2 Å². The largest absolute Gasteiger partial charge is 0.573 e. The Morgan fingerprint density at radius 3 is 2.50 bits per heavy atom. The molecule has 1 aromatic rings. The zero-order valence-electron chi connectivity index (χ0n) is 15.7. The van der Waals surface area contributed by atoms with E-state index in [0.29, 0.717) is 38.6 Å². The van der Waals surface area contributed by atoms with E-state index in [0.717, 1.165) is 18.4 Å². The molecule has 3 N–H and O–H groups in total. The van der Waals surface area contributed by atoms with Crippen molar-refractivity contribution in [2.75, 3.05) is 26.2 Å². The van der Waals surface area contributed by atoms with Crippen molar-refractivity contribution in [2.45, 2.75) is 38.6 Å². The maximum absolute atomic E-state index is 12.1. The van der Waals surface area contributed by atoms with E-state index in [-0.39, 0.29) is 17.9 Å². The number of halogens is 3. The molecule has 1 aliphatic heterocycles. The Bertz CT molecular complexity index is 657. The van der Waals surface area contributed by atoms with Crippen molar-refractivity contribution in [1.29, 1.82) is 0 Å². The van der Waals surface area contributed by atoms with Crippen LogP contribution in [0.25, 0.3) is 0 Å². The molecule has 0 unspecified atom stereocenters. The number of amides is 1. The molecule has 10 heteroatoms. The van der Waals surface area contributed by atoms with Crippen LogP contribution in [0.15, 0.2) is 29.3 Å². The predicted octanol–water partition coefficient (Wildman–Crippen LogP) is 2.65. The Morgan fingerprint density at radius 1 is 1.29 bits per heavy atom. The second kappa shape index (κ2) is 10.0. The van der Waals surface area contributed by atoms with Gasteiger partial charge in [0.25, 0.3) is 0 Å². The Kier molecular flexibility index (Phi) is 7.77. The van der Waals surface area contributed by atoms with Gasteiger partial charge in [-0.3, -0.25) is 4.99 Å². The van der Waals surface area contributed by atoms with Crippen LogP contribution in [0.1, 0.15) is 25.3 Å². The van der Waals surface area contributed by atoms with Gasteiger partial charge in [0.05, 0.1) is 6.61 Å². The SMILES string of the molecule is CCOC(=O)N1CCC(NC(N)=NCCc2ccc(OC(F)(F)F)cc2)CC1. The number of carbonyl (C=O) groups is 1. The monoisotopic (exact) mass is 402 g/mol. The Morgan fingerprint density at radius 2 is 1.93 bits per heavy atom. The minimum Gasteiger partial charge on any atom is -0.450 e. The lowest BCUT2D eigenvalue weighted by Gasteiger charge is -2.31. The van der Waals surface area contributed by atoms with E-state index >= 15 is 0 Å². The first-order valence-corrected chi connectivity index (χ1v) is 9.09. The molecule has 28 heavy (non-hydrogen) atoms. The van der Waals surface area contributed by atoms with Crippen LogP contribution < -0.4 is 15.8 Å². The lowest BCUT2D eigenvalue weighted by molar-refractivity contribution is -0.274. The van der Waals surface area contributed by atoms with Gasteiger partial charge in [-0.25, -0.2) is 4.79 Å². The number of hydrogen-bond donors (Lipinski definition) is 2. The van der Waals surface area contributed by atoms with Crippen molar-refractivity contribution in [3.8, 4) is 5.75 Å². The average Bonchev–Trinajstić information content (AvgIpc) is 2.63. The number of aliphatic imine (C=N–C) groups is 1. The third-order valence-electron chi connectivity index (χ3n) is 4.21. The molecular formula is C18H25F3N4O3. The highest BCUT2D eigenvalue weighted by molar-refractivity contribution is 5.78. The molecule has 0 aromatic heterocycles. The molecule has 156 valence electrons. The molecule has 1 aromatic carbocycles. The van der Waals surface area contributed by atoms with Crippen LogP contribution in [0.4, 0.5) is 18.0 Å². The Balaban J connectivity index is 1.71. The molecule has 1 heterocycles. The Hall–Kier alpha value is -2.65. The highest BCUT2D eigenvalue weighted by Crippen LogP contribution is 2.22. The van der Waals surface area contributed by atoms with E-state index < -0.39 is 6.36 Å². The van der Waals surface area contributed by atoms with Gasteiger partial charge in [-0.15, -0.1) is 13.2 Å². The van der Waals surface area contributed by atoms with Crippen LogP contribution in [0, 0.1) is 0 Å². The molecule has 1 amide bonds. The summed E-state index contributed by atoms with van der Waals surface area (Å²) in [5.74, 6) is 0.0571. The summed E-state index contributed by atoms with van der Waals surface area (Å²) in [6.45, 7) is 3.72. The summed E-state index contributed by atoms with van der Waals surface area (Å²) in [5.41, 5.74) is 6.72. The number of likely N-dealkylation sites (tertiary alicyclic amines) is 1. The van der Waals surface area contributed by atoms with Crippen molar-refractivity contribution in [2.24, 2.45) is 10.7 Å². The van der Waals surface area contributed by atoms with Gasteiger partial charge < -0.3 is 25.4 Å². The minimum absolute atomic E-state index is 0.133. The van der Waals surface area contributed by atoms with E-state index in [1.165, 1.54) is 12.1 Å². The molecule has 1 aliphatic rings. The van der Waals surface area contributed by atoms with Crippen molar-refractivity contribution in [3.05, 3.63) is 29.8 Å². The normalized spacial score (nSPS) is 16.0. The molecule has 0 bridgehead atoms. The van der Waals surface area contributed by atoms with Gasteiger partial charge in [0, 0.05) is 25.7 Å². The number of piperidine rings is 1. The standard InChI is InChI=1S/C18H25F3N4O3/c1-2-27-17(26)25-11-8-14(9-12-25)24-16(22)23-10-7-13-3-5-15(6-4-13)28-18(19,20)21/h3-6,14H,2,7-12H2,1H3,(H3,22,23,24). The fraction of sp³-hybridized carbons (Fsp3) is 0.556. The first kappa shape index (κ1) is 21.6. The van der Waals surface area contributed by atoms with E-state index in [1.807, 2.05) is 0 Å². The molecule has 7 nitrogen and oxygen atoms in total. The highest BCUT2D eigenvalue weighted by Gasteiger charge is 2.30. The number of nitrogens with two attached hydrogens (primary N) is 1. The van der Waals surface area contributed by atoms with Gasteiger partial charge in [0.1, 0.15) is 5.75 Å². The summed E-state index contributed by atoms with van der Waals surface area (Å²) in [6.07, 6.45) is -2.96. The number of nitrogens with zero attached hydrogens (tertiary/aromatic N) is 2. The highest BCUT2D eigenvalue weighted by atomic mass is 19.4. The lowest BCUT2D eigenvalue weighted by Crippen LogP contribution is -2.48.